The molecule has 0 saturated heterocycles. The number of hydrogen-bond donors (Lipinski definition) is 3. The van der Waals surface area contributed by atoms with E-state index in [1.807, 2.05) is 44.2 Å². The molecule has 0 aliphatic carbocycles. The highest BCUT2D eigenvalue weighted by Crippen LogP contribution is 2.06. The summed E-state index contributed by atoms with van der Waals surface area (Å²) in [4.78, 5) is 12.4. The maximum Gasteiger partial charge on any atom is 0.244 e. The van der Waals surface area contributed by atoms with Crippen LogP contribution in [0.4, 0.5) is 0 Å². The van der Waals surface area contributed by atoms with E-state index in [4.69, 9.17) is 0 Å². The number of amides is 1. The van der Waals surface area contributed by atoms with Gasteiger partial charge in [0.05, 0.1) is 0 Å². The molecule has 33 heavy (non-hydrogen) atoms. The molecule has 3 unspecified atom stereocenters. The Morgan fingerprint density at radius 2 is 1.64 bits per heavy atom. The van der Waals surface area contributed by atoms with Crippen molar-refractivity contribution in [3.63, 3.8) is 0 Å². The Bertz CT molecular complexity index is 850. The SMILES string of the molecule is CCC/C=C/C=C/CC1C/C=C/C=C(C)/C=C/C=C\C(O)C(O)/C=C(C)/C=C/C=C/C(=O)N1. The van der Waals surface area contributed by atoms with Crippen LogP contribution in [0.5, 0.6) is 0 Å². The lowest BCUT2D eigenvalue weighted by Gasteiger charge is -2.14. The second kappa shape index (κ2) is 17.6. The van der Waals surface area contributed by atoms with E-state index in [0.717, 1.165) is 36.8 Å². The molecule has 1 aliphatic rings. The van der Waals surface area contributed by atoms with Crippen LogP contribution in [0.15, 0.2) is 108 Å². The summed E-state index contributed by atoms with van der Waals surface area (Å²) in [5.41, 5.74) is 1.83. The normalized spacial score (nSPS) is 31.7. The van der Waals surface area contributed by atoms with E-state index < -0.39 is 12.2 Å². The highest BCUT2D eigenvalue weighted by Gasteiger charge is 2.09. The Labute approximate surface area is 199 Å². The summed E-state index contributed by atoms with van der Waals surface area (Å²) in [6.07, 6.45) is 31.3. The van der Waals surface area contributed by atoms with Gasteiger partial charge in [-0.1, -0.05) is 116 Å². The topological polar surface area (TPSA) is 69.6 Å². The van der Waals surface area contributed by atoms with Crippen LogP contribution in [0.1, 0.15) is 46.5 Å². The van der Waals surface area contributed by atoms with Gasteiger partial charge in [-0.25, -0.2) is 0 Å². The lowest BCUT2D eigenvalue weighted by atomic mass is 10.1. The van der Waals surface area contributed by atoms with Crippen LogP contribution in [-0.4, -0.2) is 34.4 Å². The average molecular weight is 450 g/mol. The van der Waals surface area contributed by atoms with Gasteiger partial charge in [-0.15, -0.1) is 0 Å². The average Bonchev–Trinajstić information content (AvgIpc) is 2.78. The first-order valence-electron chi connectivity index (χ1n) is 11.6. The van der Waals surface area contributed by atoms with Crippen molar-refractivity contribution in [3.05, 3.63) is 108 Å². The van der Waals surface area contributed by atoms with Crippen LogP contribution in [0, 0.1) is 0 Å². The molecule has 0 bridgehead atoms. The van der Waals surface area contributed by atoms with Gasteiger partial charge in [0.1, 0.15) is 12.2 Å². The lowest BCUT2D eigenvalue weighted by Crippen LogP contribution is -2.32. The van der Waals surface area contributed by atoms with Crippen LogP contribution < -0.4 is 5.32 Å². The van der Waals surface area contributed by atoms with E-state index in [1.54, 1.807) is 36.5 Å². The molecule has 0 saturated carbocycles. The van der Waals surface area contributed by atoms with Crippen LogP contribution in [-0.2, 0) is 4.79 Å². The van der Waals surface area contributed by atoms with Crippen molar-refractivity contribution in [2.45, 2.75) is 64.7 Å². The van der Waals surface area contributed by atoms with Crippen molar-refractivity contribution in [1.29, 1.82) is 0 Å². The quantitative estimate of drug-likeness (QED) is 0.480. The minimum Gasteiger partial charge on any atom is -0.386 e. The fraction of sp³-hybridized carbons (Fsp3) is 0.345. The van der Waals surface area contributed by atoms with Crippen molar-refractivity contribution in [2.75, 3.05) is 0 Å². The van der Waals surface area contributed by atoms with Gasteiger partial charge in [0.15, 0.2) is 0 Å². The highest BCUT2D eigenvalue weighted by atomic mass is 16.3. The van der Waals surface area contributed by atoms with Gasteiger partial charge < -0.3 is 15.5 Å². The number of aliphatic hydroxyl groups is 2. The zero-order chi connectivity index (χ0) is 24.3. The third-order valence-corrected chi connectivity index (χ3v) is 4.80. The van der Waals surface area contributed by atoms with Gasteiger partial charge in [0.25, 0.3) is 0 Å². The van der Waals surface area contributed by atoms with Gasteiger partial charge in [0.2, 0.25) is 5.91 Å². The zero-order valence-electron chi connectivity index (χ0n) is 20.1. The molecule has 1 heterocycles. The molecule has 0 spiro atoms. The Kier molecular flexibility index (Phi) is 15.0. The Morgan fingerprint density at radius 1 is 0.939 bits per heavy atom. The summed E-state index contributed by atoms with van der Waals surface area (Å²) in [6, 6.07) is -0.00533. The largest absolute Gasteiger partial charge is 0.386 e. The first-order chi connectivity index (χ1) is 15.9. The second-order valence-corrected chi connectivity index (χ2v) is 8.01. The number of nitrogens with one attached hydrogen (secondary N) is 1. The summed E-state index contributed by atoms with van der Waals surface area (Å²) in [7, 11) is 0. The molecule has 4 heteroatoms. The molecular formula is C29H39NO3. The molecule has 3 N–H and O–H groups in total. The van der Waals surface area contributed by atoms with Crippen molar-refractivity contribution in [3.8, 4) is 0 Å². The van der Waals surface area contributed by atoms with E-state index in [2.05, 4.69) is 36.5 Å². The Hall–Kier alpha value is -2.95. The molecular weight excluding hydrogens is 410 g/mol. The predicted octanol–water partition coefficient (Wildman–Crippen LogP) is 5.57. The number of aliphatic hydroxyl groups excluding tert-OH is 2. The molecule has 178 valence electrons. The van der Waals surface area contributed by atoms with E-state index in [1.165, 1.54) is 6.08 Å². The van der Waals surface area contributed by atoms with Crippen molar-refractivity contribution in [2.24, 2.45) is 0 Å². The smallest absolute Gasteiger partial charge is 0.244 e. The van der Waals surface area contributed by atoms with E-state index in [0.29, 0.717) is 0 Å². The standard InChI is InChI=1S/C29H39NO3/c1-4-5-6-7-8-9-19-26-20-13-10-16-24(2)17-11-14-21-27(31)28(32)23-25(3)18-12-15-22-29(33)30-26/h6-18,21-23,26-28,31-32H,4-5,19-20H2,1-3H3,(H,30,33)/b7-6+,9-8+,13-10+,17-11+,18-12+,21-14-,22-15+,24-16+,25-23+. The third-order valence-electron chi connectivity index (χ3n) is 4.80. The van der Waals surface area contributed by atoms with Gasteiger partial charge >= 0.3 is 0 Å². The summed E-state index contributed by atoms with van der Waals surface area (Å²) < 4.78 is 0. The first kappa shape index (κ1) is 28.1. The number of hydrogen-bond acceptors (Lipinski definition) is 3. The highest BCUT2D eigenvalue weighted by molar-refractivity contribution is 5.88. The number of carbonyl (C=O) groups is 1. The van der Waals surface area contributed by atoms with Crippen LogP contribution in [0.25, 0.3) is 0 Å². The number of unbranched alkanes of at least 4 members (excludes halogenated alkanes) is 1. The van der Waals surface area contributed by atoms with Crippen LogP contribution >= 0.6 is 0 Å². The maximum absolute atomic E-state index is 12.4. The minimum absolute atomic E-state index is 0.00533. The fourth-order valence-corrected chi connectivity index (χ4v) is 2.92. The zero-order valence-corrected chi connectivity index (χ0v) is 20.1. The molecule has 0 radical (unpaired) electrons. The number of allylic oxidation sites excluding steroid dienone is 13. The van der Waals surface area contributed by atoms with Crippen LogP contribution in [0.2, 0.25) is 0 Å². The maximum atomic E-state index is 12.4. The van der Waals surface area contributed by atoms with E-state index >= 15 is 0 Å². The number of rotatable bonds is 5. The van der Waals surface area contributed by atoms with Gasteiger partial charge in [-0.2, -0.15) is 0 Å². The predicted molar refractivity (Wildman–Crippen MR) is 140 cm³/mol. The van der Waals surface area contributed by atoms with Gasteiger partial charge in [0, 0.05) is 12.1 Å². The van der Waals surface area contributed by atoms with Gasteiger partial charge in [-0.3, -0.25) is 4.79 Å². The molecule has 0 fully saturated rings. The van der Waals surface area contributed by atoms with Gasteiger partial charge in [-0.05, 0) is 33.1 Å². The molecule has 0 aromatic heterocycles. The third kappa shape index (κ3) is 14.7. The molecule has 3 atom stereocenters. The van der Waals surface area contributed by atoms with Crippen LogP contribution in [0.3, 0.4) is 0 Å². The molecule has 1 aliphatic heterocycles. The summed E-state index contributed by atoms with van der Waals surface area (Å²) in [5, 5.41) is 23.2. The minimum atomic E-state index is -1.01. The van der Waals surface area contributed by atoms with Crippen molar-refractivity contribution in [1.82, 2.24) is 5.32 Å². The molecule has 0 aromatic carbocycles. The lowest BCUT2D eigenvalue weighted by molar-refractivity contribution is -0.117. The van der Waals surface area contributed by atoms with Crippen molar-refractivity contribution >= 4 is 5.91 Å². The van der Waals surface area contributed by atoms with E-state index in [9.17, 15) is 15.0 Å². The number of carbonyl (C=O) groups excluding carboxylic acids is 1. The first-order valence-corrected chi connectivity index (χ1v) is 11.6. The molecule has 1 rings (SSSR count). The van der Waals surface area contributed by atoms with E-state index in [-0.39, 0.29) is 11.9 Å². The fourth-order valence-electron chi connectivity index (χ4n) is 2.92. The molecule has 1 amide bonds. The molecule has 0 aromatic rings. The van der Waals surface area contributed by atoms with Crippen molar-refractivity contribution < 1.29 is 15.0 Å². The Balaban J connectivity index is 2.99. The molecule has 4 nitrogen and oxygen atoms in total. The second-order valence-electron chi connectivity index (χ2n) is 8.01. The Morgan fingerprint density at radius 3 is 2.42 bits per heavy atom. The summed E-state index contributed by atoms with van der Waals surface area (Å²) >= 11 is 0. The summed E-state index contributed by atoms with van der Waals surface area (Å²) in [6.45, 7) is 5.96. The monoisotopic (exact) mass is 449 g/mol. The summed E-state index contributed by atoms with van der Waals surface area (Å²) in [5.74, 6) is -0.153.